The van der Waals surface area contributed by atoms with Gasteiger partial charge in [0.2, 0.25) is 0 Å². The Morgan fingerprint density at radius 2 is 2.04 bits per heavy atom. The molecule has 128 valence electrons. The summed E-state index contributed by atoms with van der Waals surface area (Å²) in [4.78, 5) is 14.2. The van der Waals surface area contributed by atoms with Gasteiger partial charge in [0.1, 0.15) is 5.02 Å². The third kappa shape index (κ3) is 4.14. The fourth-order valence-electron chi connectivity index (χ4n) is 2.69. The smallest absolute Gasteiger partial charge is 0.287 e. The molecule has 0 amide bonds. The second kappa shape index (κ2) is 7.79. The van der Waals surface area contributed by atoms with E-state index in [1.54, 1.807) is 13.2 Å². The summed E-state index contributed by atoms with van der Waals surface area (Å²) in [7, 11) is 1.58. The zero-order valence-electron chi connectivity index (χ0n) is 13.7. The van der Waals surface area contributed by atoms with Gasteiger partial charge in [0, 0.05) is 33.2 Å². The Hall–Kier alpha value is -1.89. The van der Waals surface area contributed by atoms with Crippen molar-refractivity contribution >= 4 is 17.3 Å². The summed E-state index contributed by atoms with van der Waals surface area (Å²) in [5.74, 6) is 0. The summed E-state index contributed by atoms with van der Waals surface area (Å²) < 4.78 is 6.60. The molecule has 7 heteroatoms. The number of rotatable bonds is 5. The van der Waals surface area contributed by atoms with Crippen molar-refractivity contribution in [3.63, 3.8) is 0 Å². The Balaban J connectivity index is 1.64. The minimum absolute atomic E-state index is 0.164. The Morgan fingerprint density at radius 1 is 1.29 bits per heavy atom. The van der Waals surface area contributed by atoms with E-state index in [2.05, 4.69) is 39.6 Å². The van der Waals surface area contributed by atoms with Crippen LogP contribution in [0.2, 0.25) is 5.02 Å². The maximum Gasteiger partial charge on any atom is 0.287 e. The zero-order valence-corrected chi connectivity index (χ0v) is 14.4. The Kier molecular flexibility index (Phi) is 5.50. The summed E-state index contributed by atoms with van der Waals surface area (Å²) in [6, 6.07) is 8.41. The van der Waals surface area contributed by atoms with Gasteiger partial charge < -0.3 is 10.1 Å². The molecule has 1 aliphatic heterocycles. The summed E-state index contributed by atoms with van der Waals surface area (Å²) in [5.41, 5.74) is 2.66. The van der Waals surface area contributed by atoms with Crippen LogP contribution in [-0.4, -0.2) is 41.0 Å². The molecule has 0 spiro atoms. The molecule has 3 rings (SSSR count). The fourth-order valence-corrected chi connectivity index (χ4v) is 2.92. The van der Waals surface area contributed by atoms with Crippen LogP contribution in [-0.2, 0) is 24.9 Å². The lowest BCUT2D eigenvalue weighted by Gasteiger charge is -2.26. The van der Waals surface area contributed by atoms with Crippen molar-refractivity contribution < 1.29 is 4.74 Å². The molecule has 0 saturated carbocycles. The van der Waals surface area contributed by atoms with Crippen molar-refractivity contribution in [2.45, 2.75) is 13.1 Å². The van der Waals surface area contributed by atoms with E-state index in [4.69, 9.17) is 16.3 Å². The van der Waals surface area contributed by atoms with Crippen molar-refractivity contribution in [2.75, 3.05) is 31.6 Å². The molecule has 1 aliphatic rings. The normalized spacial score (nSPS) is 15.4. The highest BCUT2D eigenvalue weighted by molar-refractivity contribution is 6.32. The molecule has 24 heavy (non-hydrogen) atoms. The molecule has 0 bridgehead atoms. The van der Waals surface area contributed by atoms with Gasteiger partial charge in [-0.1, -0.05) is 35.9 Å². The van der Waals surface area contributed by atoms with Crippen molar-refractivity contribution in [1.29, 1.82) is 0 Å². The Bertz CT molecular complexity index is 756. The standard InChI is InChI=1S/C17H21ClN4O2/c1-21-17(23)16(18)15(11-20-21)19-10-13-3-2-4-14(9-13)12-22-5-7-24-8-6-22/h2-4,9,11,19H,5-8,10,12H2,1H3. The van der Waals surface area contributed by atoms with Crippen LogP contribution in [0.3, 0.4) is 0 Å². The fraction of sp³-hybridized carbons (Fsp3) is 0.412. The van der Waals surface area contributed by atoms with E-state index < -0.39 is 0 Å². The number of benzene rings is 1. The van der Waals surface area contributed by atoms with Crippen LogP contribution in [0, 0.1) is 0 Å². The first-order valence-electron chi connectivity index (χ1n) is 7.97. The van der Waals surface area contributed by atoms with Gasteiger partial charge in [-0.15, -0.1) is 0 Å². The van der Waals surface area contributed by atoms with Crippen LogP contribution in [0.5, 0.6) is 0 Å². The first-order valence-corrected chi connectivity index (χ1v) is 8.35. The van der Waals surface area contributed by atoms with Crippen LogP contribution in [0.1, 0.15) is 11.1 Å². The van der Waals surface area contributed by atoms with Crippen LogP contribution >= 0.6 is 11.6 Å². The molecule has 0 aliphatic carbocycles. The largest absolute Gasteiger partial charge is 0.379 e. The quantitative estimate of drug-likeness (QED) is 0.894. The molecule has 0 unspecified atom stereocenters. The van der Waals surface area contributed by atoms with E-state index in [0.717, 1.165) is 38.4 Å². The average Bonchev–Trinajstić information content (AvgIpc) is 2.60. The summed E-state index contributed by atoms with van der Waals surface area (Å²) in [6.07, 6.45) is 1.57. The van der Waals surface area contributed by atoms with E-state index in [1.165, 1.54) is 10.2 Å². The lowest BCUT2D eigenvalue weighted by atomic mass is 10.1. The highest BCUT2D eigenvalue weighted by Crippen LogP contribution is 2.17. The van der Waals surface area contributed by atoms with E-state index in [-0.39, 0.29) is 10.6 Å². The van der Waals surface area contributed by atoms with Crippen LogP contribution < -0.4 is 10.9 Å². The molecular formula is C17H21ClN4O2. The SMILES string of the molecule is Cn1ncc(NCc2cccc(CN3CCOCC3)c2)c(Cl)c1=O. The molecule has 2 heterocycles. The Morgan fingerprint density at radius 3 is 2.83 bits per heavy atom. The molecule has 6 nitrogen and oxygen atoms in total. The average molecular weight is 349 g/mol. The van der Waals surface area contributed by atoms with Gasteiger partial charge in [0.05, 0.1) is 25.1 Å². The predicted molar refractivity (Wildman–Crippen MR) is 94.4 cm³/mol. The number of halogens is 1. The number of hydrogen-bond donors (Lipinski definition) is 1. The molecule has 1 aromatic carbocycles. The van der Waals surface area contributed by atoms with Crippen LogP contribution in [0.4, 0.5) is 5.69 Å². The molecule has 0 radical (unpaired) electrons. The zero-order chi connectivity index (χ0) is 16.9. The topological polar surface area (TPSA) is 59.4 Å². The number of nitrogens with one attached hydrogen (secondary N) is 1. The van der Waals surface area contributed by atoms with Gasteiger partial charge >= 0.3 is 0 Å². The van der Waals surface area contributed by atoms with Crippen molar-refractivity contribution in [2.24, 2.45) is 7.05 Å². The first-order chi connectivity index (χ1) is 11.6. The van der Waals surface area contributed by atoms with Gasteiger partial charge in [0.25, 0.3) is 5.56 Å². The van der Waals surface area contributed by atoms with E-state index in [9.17, 15) is 4.79 Å². The second-order valence-corrected chi connectivity index (χ2v) is 6.24. The number of ether oxygens (including phenoxy) is 1. The first kappa shape index (κ1) is 17.0. The van der Waals surface area contributed by atoms with Crippen molar-refractivity contribution in [3.8, 4) is 0 Å². The maximum absolute atomic E-state index is 11.8. The monoisotopic (exact) mass is 348 g/mol. The van der Waals surface area contributed by atoms with Gasteiger partial charge in [0.15, 0.2) is 0 Å². The molecule has 1 fully saturated rings. The van der Waals surface area contributed by atoms with Gasteiger partial charge in [-0.3, -0.25) is 9.69 Å². The third-order valence-corrected chi connectivity index (χ3v) is 4.43. The minimum Gasteiger partial charge on any atom is -0.379 e. The summed E-state index contributed by atoms with van der Waals surface area (Å²) in [6.45, 7) is 5.05. The predicted octanol–water partition coefficient (Wildman–Crippen LogP) is 1.88. The van der Waals surface area contributed by atoms with Gasteiger partial charge in [-0.25, -0.2) is 4.68 Å². The number of aryl methyl sites for hydroxylation is 1. The lowest BCUT2D eigenvalue weighted by molar-refractivity contribution is 0.0342. The van der Waals surface area contributed by atoms with Crippen molar-refractivity contribution in [1.82, 2.24) is 14.7 Å². The number of aromatic nitrogens is 2. The maximum atomic E-state index is 11.8. The van der Waals surface area contributed by atoms with Gasteiger partial charge in [-0.2, -0.15) is 5.10 Å². The highest BCUT2D eigenvalue weighted by atomic mass is 35.5. The molecule has 0 atom stereocenters. The molecule has 1 saturated heterocycles. The molecule has 2 aromatic rings. The lowest BCUT2D eigenvalue weighted by Crippen LogP contribution is -2.35. The van der Waals surface area contributed by atoms with Crippen LogP contribution in [0.15, 0.2) is 35.3 Å². The highest BCUT2D eigenvalue weighted by Gasteiger charge is 2.11. The van der Waals surface area contributed by atoms with Crippen LogP contribution in [0.25, 0.3) is 0 Å². The van der Waals surface area contributed by atoms with Crippen molar-refractivity contribution in [3.05, 3.63) is 57.0 Å². The van der Waals surface area contributed by atoms with E-state index >= 15 is 0 Å². The number of morpholine rings is 1. The molecule has 1 N–H and O–H groups in total. The number of nitrogens with zero attached hydrogens (tertiary/aromatic N) is 3. The third-order valence-electron chi connectivity index (χ3n) is 4.06. The second-order valence-electron chi connectivity index (χ2n) is 5.86. The van der Waals surface area contributed by atoms with E-state index in [0.29, 0.717) is 12.2 Å². The summed E-state index contributed by atoms with van der Waals surface area (Å²) in [5, 5.41) is 7.34. The molecule has 1 aromatic heterocycles. The Labute approximate surface area is 146 Å². The number of anilines is 1. The minimum atomic E-state index is -0.303. The number of hydrogen-bond acceptors (Lipinski definition) is 5. The van der Waals surface area contributed by atoms with Gasteiger partial charge in [-0.05, 0) is 11.1 Å². The summed E-state index contributed by atoms with van der Waals surface area (Å²) >= 11 is 6.07. The van der Waals surface area contributed by atoms with E-state index in [1.807, 2.05) is 0 Å². The molecular weight excluding hydrogens is 328 g/mol.